The van der Waals surface area contributed by atoms with Crippen molar-refractivity contribution in [1.82, 2.24) is 10.2 Å². The van der Waals surface area contributed by atoms with Gasteiger partial charge in [0.1, 0.15) is 0 Å². The number of aryl methyl sites for hydroxylation is 1. The fraction of sp³-hybridized carbons (Fsp3) is 0.381. The van der Waals surface area contributed by atoms with Crippen LogP contribution in [-0.4, -0.2) is 29.4 Å². The Labute approximate surface area is 156 Å². The minimum atomic E-state index is -4.35. The summed E-state index contributed by atoms with van der Waals surface area (Å²) in [6.07, 6.45) is -2.01. The third-order valence-electron chi connectivity index (χ3n) is 5.66. The van der Waals surface area contributed by atoms with Crippen molar-refractivity contribution < 1.29 is 18.0 Å². The maximum atomic E-state index is 13.3. The Hall–Kier alpha value is -2.34. The van der Waals surface area contributed by atoms with Gasteiger partial charge in [0.2, 0.25) is 0 Å². The Bertz CT molecular complexity index is 865. The topological polar surface area (TPSA) is 32.3 Å². The van der Waals surface area contributed by atoms with Crippen molar-refractivity contribution in [2.24, 2.45) is 0 Å². The molecule has 0 aliphatic carbocycles. The summed E-state index contributed by atoms with van der Waals surface area (Å²) in [7, 11) is 0. The van der Waals surface area contributed by atoms with E-state index in [2.05, 4.69) is 5.32 Å². The molecule has 4 rings (SSSR count). The van der Waals surface area contributed by atoms with E-state index in [1.165, 1.54) is 12.1 Å². The molecule has 2 aliphatic rings. The second-order valence-corrected chi connectivity index (χ2v) is 7.51. The molecule has 27 heavy (non-hydrogen) atoms. The number of alkyl halides is 3. The summed E-state index contributed by atoms with van der Waals surface area (Å²) in [6.45, 7) is 1.47. The molecule has 1 fully saturated rings. The summed E-state index contributed by atoms with van der Waals surface area (Å²) in [5.74, 6) is -0.0827. The van der Waals surface area contributed by atoms with Crippen LogP contribution in [0.1, 0.15) is 39.9 Å². The second-order valence-electron chi connectivity index (χ2n) is 7.51. The van der Waals surface area contributed by atoms with E-state index in [4.69, 9.17) is 0 Å². The summed E-state index contributed by atoms with van der Waals surface area (Å²) in [6, 6.07) is 13.3. The van der Waals surface area contributed by atoms with Gasteiger partial charge in [-0.3, -0.25) is 9.69 Å². The van der Waals surface area contributed by atoms with E-state index in [0.717, 1.165) is 30.9 Å². The molecular weight excluding hydrogens is 353 g/mol. The van der Waals surface area contributed by atoms with Crippen LogP contribution in [0.5, 0.6) is 0 Å². The molecule has 1 unspecified atom stereocenters. The summed E-state index contributed by atoms with van der Waals surface area (Å²) < 4.78 is 39.8. The van der Waals surface area contributed by atoms with Gasteiger partial charge in [0.15, 0.2) is 0 Å². The Morgan fingerprint density at radius 2 is 1.78 bits per heavy atom. The van der Waals surface area contributed by atoms with E-state index < -0.39 is 11.7 Å². The van der Waals surface area contributed by atoms with Crippen LogP contribution < -0.4 is 5.32 Å². The molecule has 2 heterocycles. The molecule has 3 nitrogen and oxygen atoms in total. The molecule has 0 saturated carbocycles. The molecule has 2 aromatic rings. The first-order valence-electron chi connectivity index (χ1n) is 9.14. The fourth-order valence-electron chi connectivity index (χ4n) is 4.28. The van der Waals surface area contributed by atoms with Gasteiger partial charge in [-0.05, 0) is 42.5 Å². The number of halogens is 3. The van der Waals surface area contributed by atoms with Crippen LogP contribution in [0.15, 0.2) is 48.5 Å². The van der Waals surface area contributed by atoms with Gasteiger partial charge in [0.05, 0.1) is 11.1 Å². The molecule has 0 radical (unpaired) electrons. The van der Waals surface area contributed by atoms with Gasteiger partial charge in [0.25, 0.3) is 5.91 Å². The van der Waals surface area contributed by atoms with Crippen LogP contribution in [0.2, 0.25) is 0 Å². The van der Waals surface area contributed by atoms with Crippen molar-refractivity contribution in [2.45, 2.75) is 37.5 Å². The summed E-state index contributed by atoms with van der Waals surface area (Å²) in [5, 5.41) is 3.17. The number of benzene rings is 2. The Morgan fingerprint density at radius 1 is 1.04 bits per heavy atom. The maximum Gasteiger partial charge on any atom is 0.416 e. The van der Waals surface area contributed by atoms with Crippen LogP contribution in [0.3, 0.4) is 0 Å². The molecule has 0 bridgehead atoms. The van der Waals surface area contributed by atoms with Crippen molar-refractivity contribution in [2.75, 3.05) is 13.1 Å². The highest BCUT2D eigenvalue weighted by atomic mass is 19.4. The molecule has 6 heteroatoms. The number of hydrogen-bond acceptors (Lipinski definition) is 2. The third-order valence-corrected chi connectivity index (χ3v) is 5.66. The SMILES string of the molecule is O=C1NC2(CCc3ccccc31)CCN(Cc1ccccc1C(F)(F)F)C2. The van der Waals surface area contributed by atoms with Crippen LogP contribution in [-0.2, 0) is 19.1 Å². The zero-order valence-corrected chi connectivity index (χ0v) is 14.9. The van der Waals surface area contributed by atoms with Crippen molar-refractivity contribution in [3.63, 3.8) is 0 Å². The lowest BCUT2D eigenvalue weighted by Gasteiger charge is -2.29. The van der Waals surface area contributed by atoms with Gasteiger partial charge in [-0.25, -0.2) is 0 Å². The van der Waals surface area contributed by atoms with Crippen LogP contribution in [0.4, 0.5) is 13.2 Å². The first-order chi connectivity index (χ1) is 12.9. The van der Waals surface area contributed by atoms with E-state index in [-0.39, 0.29) is 23.6 Å². The number of carbonyl (C=O) groups excluding carboxylic acids is 1. The number of amides is 1. The molecular formula is C21H21F3N2O. The first kappa shape index (κ1) is 18.0. The highest BCUT2D eigenvalue weighted by Crippen LogP contribution is 2.35. The molecule has 1 saturated heterocycles. The number of likely N-dealkylation sites (tertiary alicyclic amines) is 1. The predicted molar refractivity (Wildman–Crippen MR) is 96.3 cm³/mol. The largest absolute Gasteiger partial charge is 0.416 e. The number of hydrogen-bond donors (Lipinski definition) is 1. The maximum absolute atomic E-state index is 13.3. The minimum Gasteiger partial charge on any atom is -0.345 e. The zero-order valence-electron chi connectivity index (χ0n) is 14.9. The zero-order chi connectivity index (χ0) is 19.1. The van der Waals surface area contributed by atoms with Crippen molar-refractivity contribution in [1.29, 1.82) is 0 Å². The van der Waals surface area contributed by atoms with E-state index in [0.29, 0.717) is 18.7 Å². The van der Waals surface area contributed by atoms with Gasteiger partial charge in [-0.2, -0.15) is 13.2 Å². The summed E-state index contributed by atoms with van der Waals surface area (Å²) in [4.78, 5) is 14.7. The van der Waals surface area contributed by atoms with E-state index >= 15 is 0 Å². The highest BCUT2D eigenvalue weighted by molar-refractivity contribution is 5.96. The van der Waals surface area contributed by atoms with Crippen molar-refractivity contribution in [3.8, 4) is 0 Å². The molecule has 1 amide bonds. The van der Waals surface area contributed by atoms with Gasteiger partial charge < -0.3 is 5.32 Å². The number of carbonyl (C=O) groups is 1. The standard InChI is InChI=1S/C21H21F3N2O/c22-21(23,24)18-8-4-2-6-16(18)13-26-12-11-20(14-26)10-9-15-5-1-3-7-17(15)19(27)25-20/h1-8H,9-14H2,(H,25,27). The molecule has 0 aromatic heterocycles. The Morgan fingerprint density at radius 3 is 2.59 bits per heavy atom. The molecule has 2 aliphatic heterocycles. The molecule has 2 aromatic carbocycles. The molecule has 1 atom stereocenters. The number of rotatable bonds is 2. The second kappa shape index (κ2) is 6.68. The van der Waals surface area contributed by atoms with E-state index in [9.17, 15) is 18.0 Å². The quantitative estimate of drug-likeness (QED) is 0.861. The van der Waals surface area contributed by atoms with Crippen molar-refractivity contribution >= 4 is 5.91 Å². The Kier molecular flexibility index (Phi) is 4.46. The molecule has 142 valence electrons. The van der Waals surface area contributed by atoms with Gasteiger partial charge in [-0.15, -0.1) is 0 Å². The van der Waals surface area contributed by atoms with Gasteiger partial charge in [-0.1, -0.05) is 36.4 Å². The van der Waals surface area contributed by atoms with Gasteiger partial charge >= 0.3 is 6.18 Å². The average molecular weight is 374 g/mol. The molecule has 1 N–H and O–H groups in total. The van der Waals surface area contributed by atoms with Crippen LogP contribution in [0.25, 0.3) is 0 Å². The third kappa shape index (κ3) is 3.58. The fourth-order valence-corrected chi connectivity index (χ4v) is 4.28. The number of fused-ring (bicyclic) bond motifs is 1. The number of nitrogens with one attached hydrogen (secondary N) is 1. The first-order valence-corrected chi connectivity index (χ1v) is 9.14. The normalized spacial score (nSPS) is 23.1. The van der Waals surface area contributed by atoms with Crippen molar-refractivity contribution in [3.05, 3.63) is 70.8 Å². The Balaban J connectivity index is 1.51. The predicted octanol–water partition coefficient (Wildman–Crippen LogP) is 4.03. The highest BCUT2D eigenvalue weighted by Gasteiger charge is 2.42. The van der Waals surface area contributed by atoms with Gasteiger partial charge in [0, 0.05) is 25.2 Å². The number of nitrogens with zero attached hydrogens (tertiary/aromatic N) is 1. The summed E-state index contributed by atoms with van der Waals surface area (Å²) in [5.41, 5.74) is 1.07. The van der Waals surface area contributed by atoms with Crippen LogP contribution in [0, 0.1) is 0 Å². The smallest absolute Gasteiger partial charge is 0.345 e. The van der Waals surface area contributed by atoms with E-state index in [1.807, 2.05) is 29.2 Å². The lowest BCUT2D eigenvalue weighted by Crippen LogP contribution is -2.49. The average Bonchev–Trinajstić information content (AvgIpc) is 2.96. The monoisotopic (exact) mass is 374 g/mol. The summed E-state index contributed by atoms with van der Waals surface area (Å²) >= 11 is 0. The van der Waals surface area contributed by atoms with Crippen LogP contribution >= 0.6 is 0 Å². The molecule has 1 spiro atoms. The van der Waals surface area contributed by atoms with E-state index in [1.54, 1.807) is 6.07 Å². The lowest BCUT2D eigenvalue weighted by atomic mass is 9.91. The minimum absolute atomic E-state index is 0.0827. The lowest BCUT2D eigenvalue weighted by molar-refractivity contribution is -0.138.